The third kappa shape index (κ3) is 4.62. The number of hydrogen-bond donors (Lipinski definition) is 1. The number of nitrogens with zero attached hydrogens (tertiary/aromatic N) is 1. The molecule has 0 saturated carbocycles. The van der Waals surface area contributed by atoms with E-state index in [2.05, 4.69) is 37.1 Å². The maximum absolute atomic E-state index is 5.70. The molecule has 0 spiro atoms. The van der Waals surface area contributed by atoms with E-state index >= 15 is 0 Å². The minimum atomic E-state index is 0.461. The predicted molar refractivity (Wildman–Crippen MR) is 80.6 cm³/mol. The molecular formula is C16H28N2O2. The maximum atomic E-state index is 5.70. The fourth-order valence-electron chi connectivity index (χ4n) is 2.67. The molecule has 1 fully saturated rings. The van der Waals surface area contributed by atoms with Gasteiger partial charge in [0, 0.05) is 37.8 Å². The molecule has 2 rings (SSSR count). The zero-order chi connectivity index (χ0) is 14.4. The average molecular weight is 280 g/mol. The van der Waals surface area contributed by atoms with Crippen LogP contribution in [-0.4, -0.2) is 36.7 Å². The molecule has 0 aliphatic carbocycles. The van der Waals surface area contributed by atoms with Gasteiger partial charge in [-0.15, -0.1) is 0 Å². The Balaban J connectivity index is 1.81. The van der Waals surface area contributed by atoms with Crippen LogP contribution in [0.1, 0.15) is 44.9 Å². The van der Waals surface area contributed by atoms with E-state index in [1.54, 1.807) is 6.26 Å². The third-order valence-electron chi connectivity index (χ3n) is 3.84. The van der Waals surface area contributed by atoms with E-state index < -0.39 is 0 Å². The Morgan fingerprint density at radius 2 is 2.15 bits per heavy atom. The summed E-state index contributed by atoms with van der Waals surface area (Å²) in [5.74, 6) is 1.07. The molecule has 2 heterocycles. The van der Waals surface area contributed by atoms with Gasteiger partial charge in [0.2, 0.25) is 0 Å². The zero-order valence-electron chi connectivity index (χ0n) is 13.0. The first-order valence-electron chi connectivity index (χ1n) is 7.81. The molecule has 20 heavy (non-hydrogen) atoms. The molecule has 1 aromatic heterocycles. The summed E-state index contributed by atoms with van der Waals surface area (Å²) in [6, 6.07) is 2.58. The van der Waals surface area contributed by atoms with Crippen LogP contribution in [0, 0.1) is 0 Å². The van der Waals surface area contributed by atoms with E-state index in [0.29, 0.717) is 12.1 Å². The summed E-state index contributed by atoms with van der Waals surface area (Å²) in [4.78, 5) is 2.50. The quantitative estimate of drug-likeness (QED) is 0.833. The summed E-state index contributed by atoms with van der Waals surface area (Å²) in [6.45, 7) is 11.3. The van der Waals surface area contributed by atoms with Gasteiger partial charge in [0.15, 0.2) is 0 Å². The standard InChI is InChI=1S/C16H28N2O2/c1-4-19-15-5-8-18(9-6-15)12-14-7-10-20-16(14)11-17-13(2)3/h7,10,13,15,17H,4-6,8-9,11-12H2,1-3H3. The normalized spacial score (nSPS) is 18.0. The van der Waals surface area contributed by atoms with E-state index in [4.69, 9.17) is 9.15 Å². The molecule has 1 saturated heterocycles. The molecule has 1 aliphatic heterocycles. The topological polar surface area (TPSA) is 37.6 Å². The van der Waals surface area contributed by atoms with Crippen LogP contribution in [0.25, 0.3) is 0 Å². The van der Waals surface area contributed by atoms with Gasteiger partial charge in [-0.25, -0.2) is 0 Å². The lowest BCUT2D eigenvalue weighted by atomic mass is 10.1. The molecule has 1 N–H and O–H groups in total. The summed E-state index contributed by atoms with van der Waals surface area (Å²) >= 11 is 0. The second-order valence-corrected chi connectivity index (χ2v) is 5.84. The molecule has 1 aliphatic rings. The van der Waals surface area contributed by atoms with Crippen molar-refractivity contribution in [2.75, 3.05) is 19.7 Å². The number of likely N-dealkylation sites (tertiary alicyclic amines) is 1. The van der Waals surface area contributed by atoms with Crippen LogP contribution in [0.4, 0.5) is 0 Å². The first-order valence-corrected chi connectivity index (χ1v) is 7.81. The summed E-state index contributed by atoms with van der Waals surface area (Å²) in [6.07, 6.45) is 4.55. The molecule has 0 unspecified atom stereocenters. The fraction of sp³-hybridized carbons (Fsp3) is 0.750. The highest BCUT2D eigenvalue weighted by Crippen LogP contribution is 2.19. The van der Waals surface area contributed by atoms with E-state index in [1.807, 2.05) is 0 Å². The molecule has 4 heteroatoms. The smallest absolute Gasteiger partial charge is 0.122 e. The van der Waals surface area contributed by atoms with E-state index in [0.717, 1.165) is 51.4 Å². The van der Waals surface area contributed by atoms with Gasteiger partial charge in [-0.1, -0.05) is 13.8 Å². The molecule has 0 radical (unpaired) electrons. The Morgan fingerprint density at radius 3 is 2.80 bits per heavy atom. The van der Waals surface area contributed by atoms with Crippen LogP contribution in [-0.2, 0) is 17.8 Å². The van der Waals surface area contributed by atoms with Crippen LogP contribution in [0.2, 0.25) is 0 Å². The van der Waals surface area contributed by atoms with Crippen molar-refractivity contribution >= 4 is 0 Å². The first kappa shape index (κ1) is 15.5. The second kappa shape index (κ2) is 7.81. The van der Waals surface area contributed by atoms with Gasteiger partial charge >= 0.3 is 0 Å². The Morgan fingerprint density at radius 1 is 1.40 bits per heavy atom. The molecule has 0 aromatic carbocycles. The Hall–Kier alpha value is -0.840. The van der Waals surface area contributed by atoms with Gasteiger partial charge in [0.1, 0.15) is 5.76 Å². The number of ether oxygens (including phenoxy) is 1. The van der Waals surface area contributed by atoms with Crippen molar-refractivity contribution in [3.63, 3.8) is 0 Å². The minimum absolute atomic E-state index is 0.461. The molecule has 114 valence electrons. The Labute approximate surface area is 122 Å². The van der Waals surface area contributed by atoms with Crippen molar-refractivity contribution in [3.05, 3.63) is 23.7 Å². The van der Waals surface area contributed by atoms with Crippen molar-refractivity contribution < 1.29 is 9.15 Å². The fourth-order valence-corrected chi connectivity index (χ4v) is 2.67. The summed E-state index contributed by atoms with van der Waals surface area (Å²) in [5, 5.41) is 3.42. The monoisotopic (exact) mass is 280 g/mol. The lowest BCUT2D eigenvalue weighted by molar-refractivity contribution is 0.0124. The van der Waals surface area contributed by atoms with Crippen molar-refractivity contribution in [2.45, 2.75) is 58.8 Å². The molecule has 0 bridgehead atoms. The van der Waals surface area contributed by atoms with Crippen molar-refractivity contribution in [1.82, 2.24) is 10.2 Å². The largest absolute Gasteiger partial charge is 0.468 e. The number of furan rings is 1. The van der Waals surface area contributed by atoms with Gasteiger partial charge in [0.25, 0.3) is 0 Å². The van der Waals surface area contributed by atoms with Gasteiger partial charge in [-0.2, -0.15) is 0 Å². The lowest BCUT2D eigenvalue weighted by Gasteiger charge is -2.31. The Bertz CT molecular complexity index is 382. The maximum Gasteiger partial charge on any atom is 0.122 e. The van der Waals surface area contributed by atoms with Crippen molar-refractivity contribution in [1.29, 1.82) is 0 Å². The van der Waals surface area contributed by atoms with Gasteiger partial charge in [-0.05, 0) is 25.8 Å². The summed E-state index contributed by atoms with van der Waals surface area (Å²) in [7, 11) is 0. The molecular weight excluding hydrogens is 252 g/mol. The van der Waals surface area contributed by atoms with E-state index in [9.17, 15) is 0 Å². The number of hydrogen-bond acceptors (Lipinski definition) is 4. The Kier molecular flexibility index (Phi) is 6.07. The van der Waals surface area contributed by atoms with Crippen LogP contribution in [0.15, 0.2) is 16.7 Å². The predicted octanol–water partition coefficient (Wildman–Crippen LogP) is 2.78. The molecule has 1 aromatic rings. The van der Waals surface area contributed by atoms with E-state index in [1.165, 1.54) is 5.56 Å². The highest BCUT2D eigenvalue weighted by atomic mass is 16.5. The second-order valence-electron chi connectivity index (χ2n) is 5.84. The van der Waals surface area contributed by atoms with Crippen LogP contribution >= 0.6 is 0 Å². The molecule has 4 nitrogen and oxygen atoms in total. The third-order valence-corrected chi connectivity index (χ3v) is 3.84. The highest BCUT2D eigenvalue weighted by molar-refractivity contribution is 5.17. The molecule has 0 amide bonds. The van der Waals surface area contributed by atoms with Crippen molar-refractivity contribution in [2.24, 2.45) is 0 Å². The highest BCUT2D eigenvalue weighted by Gasteiger charge is 2.20. The van der Waals surface area contributed by atoms with Gasteiger partial charge in [-0.3, -0.25) is 4.90 Å². The van der Waals surface area contributed by atoms with E-state index in [-0.39, 0.29) is 0 Å². The summed E-state index contributed by atoms with van der Waals surface area (Å²) < 4.78 is 11.3. The van der Waals surface area contributed by atoms with Crippen LogP contribution < -0.4 is 5.32 Å². The van der Waals surface area contributed by atoms with Gasteiger partial charge < -0.3 is 14.5 Å². The molecule has 0 atom stereocenters. The lowest BCUT2D eigenvalue weighted by Crippen LogP contribution is -2.36. The first-order chi connectivity index (χ1) is 9.69. The van der Waals surface area contributed by atoms with Gasteiger partial charge in [0.05, 0.1) is 18.9 Å². The zero-order valence-corrected chi connectivity index (χ0v) is 13.0. The SMILES string of the molecule is CCOC1CCN(Cc2ccoc2CNC(C)C)CC1. The number of nitrogens with one attached hydrogen (secondary N) is 1. The minimum Gasteiger partial charge on any atom is -0.468 e. The average Bonchev–Trinajstić information content (AvgIpc) is 2.86. The number of rotatable bonds is 7. The number of piperidine rings is 1. The van der Waals surface area contributed by atoms with Crippen LogP contribution in [0.5, 0.6) is 0 Å². The summed E-state index contributed by atoms with van der Waals surface area (Å²) in [5.41, 5.74) is 1.31. The van der Waals surface area contributed by atoms with Crippen molar-refractivity contribution in [3.8, 4) is 0 Å². The van der Waals surface area contributed by atoms with Crippen LogP contribution in [0.3, 0.4) is 0 Å².